The van der Waals surface area contributed by atoms with E-state index in [2.05, 4.69) is 24.5 Å². The number of hydrogen-bond acceptors (Lipinski definition) is 1. The molecule has 1 rings (SSSR count). The first-order valence-corrected chi connectivity index (χ1v) is 5.67. The van der Waals surface area contributed by atoms with Gasteiger partial charge in [0.15, 0.2) is 0 Å². The number of benzene rings is 1. The van der Waals surface area contributed by atoms with E-state index in [1.807, 2.05) is 0 Å². The fourth-order valence-corrected chi connectivity index (χ4v) is 1.36. The van der Waals surface area contributed by atoms with Gasteiger partial charge in [-0.1, -0.05) is 11.8 Å². The summed E-state index contributed by atoms with van der Waals surface area (Å²) in [7, 11) is 0. The molecule has 0 fully saturated rings. The second-order valence-corrected chi connectivity index (χ2v) is 4.02. The highest BCUT2D eigenvalue weighted by molar-refractivity contribution is 7.80. The minimum Gasteiger partial charge on any atom is -0.178 e. The summed E-state index contributed by atoms with van der Waals surface area (Å²) < 4.78 is 75.0. The van der Waals surface area contributed by atoms with Crippen LogP contribution in [0.15, 0.2) is 18.2 Å². The largest absolute Gasteiger partial charge is 0.416 e. The zero-order chi connectivity index (χ0) is 14.7. The summed E-state index contributed by atoms with van der Waals surface area (Å²) in [5.74, 6) is 5.09. The molecule has 0 N–H and O–H groups in total. The first kappa shape index (κ1) is 15.8. The van der Waals surface area contributed by atoms with Crippen LogP contribution in [0.5, 0.6) is 0 Å². The zero-order valence-corrected chi connectivity index (χ0v) is 10.3. The van der Waals surface area contributed by atoms with Gasteiger partial charge in [-0.3, -0.25) is 0 Å². The van der Waals surface area contributed by atoms with Crippen molar-refractivity contribution < 1.29 is 26.3 Å². The lowest BCUT2D eigenvalue weighted by atomic mass is 10.0. The van der Waals surface area contributed by atoms with Crippen LogP contribution in [0.25, 0.3) is 0 Å². The summed E-state index contributed by atoms with van der Waals surface area (Å²) in [5.41, 5.74) is -3.04. The van der Waals surface area contributed by atoms with E-state index in [1.165, 1.54) is 0 Å². The maximum absolute atomic E-state index is 12.5. The molecule has 0 aliphatic carbocycles. The van der Waals surface area contributed by atoms with E-state index in [4.69, 9.17) is 0 Å². The van der Waals surface area contributed by atoms with Crippen LogP contribution in [0.1, 0.15) is 23.1 Å². The van der Waals surface area contributed by atoms with Gasteiger partial charge in [0, 0.05) is 17.7 Å². The van der Waals surface area contributed by atoms with Gasteiger partial charge in [0.1, 0.15) is 0 Å². The van der Waals surface area contributed by atoms with E-state index in [9.17, 15) is 26.3 Å². The van der Waals surface area contributed by atoms with Gasteiger partial charge in [-0.2, -0.15) is 39.0 Å². The van der Waals surface area contributed by atoms with Crippen molar-refractivity contribution in [3.8, 4) is 11.8 Å². The minimum atomic E-state index is -4.85. The molecule has 104 valence electrons. The van der Waals surface area contributed by atoms with Crippen LogP contribution in [0.4, 0.5) is 26.3 Å². The summed E-state index contributed by atoms with van der Waals surface area (Å²) in [5, 5.41) is 0. The van der Waals surface area contributed by atoms with Gasteiger partial charge < -0.3 is 0 Å². The molecule has 0 aromatic heterocycles. The van der Waals surface area contributed by atoms with E-state index in [1.54, 1.807) is 0 Å². The third kappa shape index (κ3) is 4.71. The van der Waals surface area contributed by atoms with E-state index < -0.39 is 23.5 Å². The Morgan fingerprint density at radius 3 is 1.74 bits per heavy atom. The molecule has 19 heavy (non-hydrogen) atoms. The monoisotopic (exact) mass is 298 g/mol. The molecule has 0 atom stereocenters. The van der Waals surface area contributed by atoms with E-state index >= 15 is 0 Å². The summed E-state index contributed by atoms with van der Waals surface area (Å²) >= 11 is 3.84. The van der Waals surface area contributed by atoms with Gasteiger partial charge in [-0.25, -0.2) is 0 Å². The van der Waals surface area contributed by atoms with E-state index in [0.717, 1.165) is 0 Å². The molecule has 1 aromatic carbocycles. The van der Waals surface area contributed by atoms with Crippen molar-refractivity contribution in [3.05, 3.63) is 34.9 Å². The Labute approximate surface area is 111 Å². The molecular formula is C12H8F6S. The fraction of sp³-hybridized carbons (Fsp3) is 0.333. The third-order valence-electron chi connectivity index (χ3n) is 2.06. The normalized spacial score (nSPS) is 11.9. The average molecular weight is 298 g/mol. The summed E-state index contributed by atoms with van der Waals surface area (Å²) in [4.78, 5) is 0. The van der Waals surface area contributed by atoms with Crippen molar-refractivity contribution in [1.82, 2.24) is 0 Å². The molecule has 0 aliphatic heterocycles. The molecule has 0 heterocycles. The summed E-state index contributed by atoms with van der Waals surface area (Å²) in [6.07, 6.45) is -9.41. The second kappa shape index (κ2) is 5.78. The molecule has 0 nitrogen and oxygen atoms in total. The molecule has 0 saturated carbocycles. The minimum absolute atomic E-state index is 0.0732. The predicted octanol–water partition coefficient (Wildman–Crippen LogP) is 4.40. The lowest BCUT2D eigenvalue weighted by molar-refractivity contribution is -0.143. The van der Waals surface area contributed by atoms with Crippen molar-refractivity contribution in [1.29, 1.82) is 0 Å². The molecule has 0 saturated heterocycles. The molecule has 0 radical (unpaired) electrons. The Bertz CT molecular complexity index is 471. The van der Waals surface area contributed by atoms with Crippen LogP contribution in [-0.4, -0.2) is 5.75 Å². The standard InChI is InChI=1S/C12H8F6S/c13-11(14,15)9-5-8(3-1-2-4-19)6-10(7-9)12(16,17)18/h5-7,19H,2,4H2. The summed E-state index contributed by atoms with van der Waals surface area (Å²) in [6, 6.07) is 1.27. The first-order chi connectivity index (χ1) is 8.64. The number of halogens is 6. The van der Waals surface area contributed by atoms with Crippen LogP contribution in [0.2, 0.25) is 0 Å². The number of thiol groups is 1. The van der Waals surface area contributed by atoms with Gasteiger partial charge in [-0.05, 0) is 18.2 Å². The Hall–Kier alpha value is -1.29. The lowest BCUT2D eigenvalue weighted by Gasteiger charge is -2.12. The first-order valence-electron chi connectivity index (χ1n) is 5.04. The molecule has 0 bridgehead atoms. The molecule has 0 aliphatic rings. The Kier molecular flexibility index (Phi) is 4.80. The molecule has 0 amide bonds. The van der Waals surface area contributed by atoms with E-state index in [-0.39, 0.29) is 18.1 Å². The Morgan fingerprint density at radius 1 is 0.895 bits per heavy atom. The van der Waals surface area contributed by atoms with Crippen LogP contribution < -0.4 is 0 Å². The van der Waals surface area contributed by atoms with Crippen LogP contribution >= 0.6 is 12.6 Å². The van der Waals surface area contributed by atoms with Gasteiger partial charge in [0.2, 0.25) is 0 Å². The average Bonchev–Trinajstić information content (AvgIpc) is 2.27. The quantitative estimate of drug-likeness (QED) is 0.443. The third-order valence-corrected chi connectivity index (χ3v) is 2.28. The van der Waals surface area contributed by atoms with Crippen LogP contribution in [-0.2, 0) is 12.4 Å². The molecule has 1 aromatic rings. The predicted molar refractivity (Wildman–Crippen MR) is 61.8 cm³/mol. The van der Waals surface area contributed by atoms with Gasteiger partial charge >= 0.3 is 12.4 Å². The van der Waals surface area contributed by atoms with Crippen molar-refractivity contribution in [3.63, 3.8) is 0 Å². The Balaban J connectivity index is 3.30. The highest BCUT2D eigenvalue weighted by Gasteiger charge is 2.36. The SMILES string of the molecule is FC(F)(F)c1cc(C#CCCS)cc(C(F)(F)F)c1. The van der Waals surface area contributed by atoms with Crippen molar-refractivity contribution in [2.45, 2.75) is 18.8 Å². The molecule has 0 unspecified atom stereocenters. The smallest absolute Gasteiger partial charge is 0.178 e. The van der Waals surface area contributed by atoms with Crippen LogP contribution in [0, 0.1) is 11.8 Å². The molecule has 7 heteroatoms. The highest BCUT2D eigenvalue weighted by atomic mass is 32.1. The number of hydrogen-bond donors (Lipinski definition) is 1. The second-order valence-electron chi connectivity index (χ2n) is 3.57. The van der Waals surface area contributed by atoms with Crippen molar-refractivity contribution in [2.24, 2.45) is 0 Å². The number of alkyl halides is 6. The van der Waals surface area contributed by atoms with Crippen molar-refractivity contribution in [2.75, 3.05) is 5.75 Å². The van der Waals surface area contributed by atoms with Gasteiger partial charge in [-0.15, -0.1) is 0 Å². The van der Waals surface area contributed by atoms with Crippen LogP contribution in [0.3, 0.4) is 0 Å². The maximum atomic E-state index is 12.5. The fourth-order valence-electron chi connectivity index (χ4n) is 1.25. The topological polar surface area (TPSA) is 0 Å². The van der Waals surface area contributed by atoms with E-state index in [0.29, 0.717) is 17.9 Å². The van der Waals surface area contributed by atoms with Gasteiger partial charge in [0.05, 0.1) is 11.1 Å². The number of rotatable bonds is 1. The maximum Gasteiger partial charge on any atom is 0.416 e. The Morgan fingerprint density at radius 2 is 1.37 bits per heavy atom. The summed E-state index contributed by atoms with van der Waals surface area (Å²) in [6.45, 7) is 0. The van der Waals surface area contributed by atoms with Gasteiger partial charge in [0.25, 0.3) is 0 Å². The molecular weight excluding hydrogens is 290 g/mol. The lowest BCUT2D eigenvalue weighted by Crippen LogP contribution is -2.11. The zero-order valence-electron chi connectivity index (χ0n) is 9.36. The van der Waals surface area contributed by atoms with Crippen molar-refractivity contribution >= 4 is 12.6 Å². The molecule has 0 spiro atoms. The highest BCUT2D eigenvalue weighted by Crippen LogP contribution is 2.36.